The Balaban J connectivity index is 1.37. The van der Waals surface area contributed by atoms with Crippen molar-refractivity contribution in [1.29, 1.82) is 0 Å². The highest BCUT2D eigenvalue weighted by Crippen LogP contribution is 2.48. The molecule has 0 saturated heterocycles. The maximum atomic E-state index is 14.2. The first-order valence-corrected chi connectivity index (χ1v) is 9.22. The molecule has 6 nitrogen and oxygen atoms in total. The molecule has 0 bridgehead atoms. The van der Waals surface area contributed by atoms with E-state index in [1.165, 1.54) is 0 Å². The summed E-state index contributed by atoms with van der Waals surface area (Å²) in [5.41, 5.74) is 0.703. The molecule has 1 aliphatic heterocycles. The maximum Gasteiger partial charge on any atom is 0.191 e. The normalized spacial score (nSPS) is 21.2. The van der Waals surface area contributed by atoms with Gasteiger partial charge in [-0.15, -0.1) is 0 Å². The number of nitrogens with one attached hydrogen (secondary N) is 2. The van der Waals surface area contributed by atoms with E-state index in [0.29, 0.717) is 6.54 Å². The molecule has 1 aromatic heterocycles. The third-order valence-electron chi connectivity index (χ3n) is 5.42. The van der Waals surface area contributed by atoms with Crippen LogP contribution in [0.5, 0.6) is 0 Å². The Morgan fingerprint density at radius 2 is 2.19 bits per heavy atom. The maximum absolute atomic E-state index is 14.2. The number of hydrogen-bond donors (Lipinski definition) is 2. The highest BCUT2D eigenvalue weighted by Gasteiger charge is 2.45. The smallest absolute Gasteiger partial charge is 0.191 e. The number of aliphatic imine (C=N–C) groups is 1. The first-order valence-electron chi connectivity index (χ1n) is 9.22. The molecular formula is C19H25FN6. The minimum atomic E-state index is -0.115. The third kappa shape index (κ3) is 3.30. The van der Waals surface area contributed by atoms with Crippen molar-refractivity contribution < 1.29 is 4.39 Å². The van der Waals surface area contributed by atoms with Crippen molar-refractivity contribution in [2.75, 3.05) is 13.6 Å². The number of hydrogen-bond acceptors (Lipinski definition) is 3. The molecule has 2 heterocycles. The molecule has 1 aromatic carbocycles. The van der Waals surface area contributed by atoms with Crippen molar-refractivity contribution in [1.82, 2.24) is 25.4 Å². The van der Waals surface area contributed by atoms with Crippen molar-refractivity contribution in [3.05, 3.63) is 47.3 Å². The van der Waals surface area contributed by atoms with Gasteiger partial charge in [-0.05, 0) is 37.8 Å². The van der Waals surface area contributed by atoms with Crippen molar-refractivity contribution >= 4 is 5.96 Å². The Labute approximate surface area is 152 Å². The number of aryl methyl sites for hydroxylation is 2. The molecule has 1 aliphatic carbocycles. The SMILES string of the molecule is CN=C(NCC1(c2ccccc2F)CC1)NC1CCc2nc(C)nn2C1. The summed E-state index contributed by atoms with van der Waals surface area (Å²) in [6, 6.07) is 7.36. The van der Waals surface area contributed by atoms with E-state index in [2.05, 4.69) is 25.7 Å². The van der Waals surface area contributed by atoms with Gasteiger partial charge in [0, 0.05) is 31.5 Å². The van der Waals surface area contributed by atoms with Crippen LogP contribution in [-0.4, -0.2) is 40.4 Å². The molecule has 138 valence electrons. The molecule has 0 radical (unpaired) electrons. The Bertz CT molecular complexity index is 823. The lowest BCUT2D eigenvalue weighted by atomic mass is 9.95. The highest BCUT2D eigenvalue weighted by molar-refractivity contribution is 5.80. The van der Waals surface area contributed by atoms with E-state index in [-0.39, 0.29) is 17.3 Å². The number of guanidine groups is 1. The van der Waals surface area contributed by atoms with Crippen LogP contribution in [0.3, 0.4) is 0 Å². The van der Waals surface area contributed by atoms with Crippen molar-refractivity contribution in [3.8, 4) is 0 Å². The topological polar surface area (TPSA) is 67.1 Å². The summed E-state index contributed by atoms with van der Waals surface area (Å²) < 4.78 is 16.1. The number of aromatic nitrogens is 3. The summed E-state index contributed by atoms with van der Waals surface area (Å²) in [4.78, 5) is 8.79. The molecular weight excluding hydrogens is 331 g/mol. The van der Waals surface area contributed by atoms with E-state index in [4.69, 9.17) is 0 Å². The van der Waals surface area contributed by atoms with E-state index in [0.717, 1.165) is 55.4 Å². The van der Waals surface area contributed by atoms with Crippen LogP contribution in [0, 0.1) is 12.7 Å². The van der Waals surface area contributed by atoms with Crippen molar-refractivity contribution in [2.45, 2.75) is 50.6 Å². The molecule has 2 N–H and O–H groups in total. The molecule has 0 amide bonds. The molecule has 1 atom stereocenters. The lowest BCUT2D eigenvalue weighted by Crippen LogP contribution is -2.48. The molecule has 26 heavy (non-hydrogen) atoms. The first-order chi connectivity index (χ1) is 12.6. The van der Waals surface area contributed by atoms with E-state index in [1.54, 1.807) is 19.2 Å². The predicted molar refractivity (Wildman–Crippen MR) is 98.7 cm³/mol. The number of halogens is 1. The molecule has 2 aliphatic rings. The standard InChI is InChI=1S/C19H25FN6/c1-13-23-17-8-7-14(11-26(17)25-13)24-18(21-2)22-12-19(9-10-19)15-5-3-4-6-16(15)20/h3-6,14H,7-12H2,1-2H3,(H2,21,22,24). The van der Waals surface area contributed by atoms with Crippen LogP contribution in [0.25, 0.3) is 0 Å². The first kappa shape index (κ1) is 17.0. The number of nitrogens with zero attached hydrogens (tertiary/aromatic N) is 4. The quantitative estimate of drug-likeness (QED) is 0.649. The van der Waals surface area contributed by atoms with Crippen LogP contribution in [0.1, 0.15) is 36.5 Å². The van der Waals surface area contributed by atoms with E-state index in [1.807, 2.05) is 23.7 Å². The fraction of sp³-hybridized carbons (Fsp3) is 0.526. The van der Waals surface area contributed by atoms with Gasteiger partial charge in [0.05, 0.1) is 6.54 Å². The van der Waals surface area contributed by atoms with Gasteiger partial charge in [0.1, 0.15) is 17.5 Å². The second-order valence-corrected chi connectivity index (χ2v) is 7.32. The van der Waals surface area contributed by atoms with Gasteiger partial charge in [0.25, 0.3) is 0 Å². The molecule has 7 heteroatoms. The van der Waals surface area contributed by atoms with E-state index in [9.17, 15) is 4.39 Å². The van der Waals surface area contributed by atoms with E-state index < -0.39 is 0 Å². The highest BCUT2D eigenvalue weighted by atomic mass is 19.1. The summed E-state index contributed by atoms with van der Waals surface area (Å²) in [7, 11) is 1.77. The fourth-order valence-electron chi connectivity index (χ4n) is 3.78. The van der Waals surface area contributed by atoms with Crippen LogP contribution in [0.4, 0.5) is 4.39 Å². The Kier molecular flexibility index (Phi) is 4.38. The van der Waals surface area contributed by atoms with Crippen molar-refractivity contribution in [3.63, 3.8) is 0 Å². The van der Waals surface area contributed by atoms with Crippen LogP contribution in [-0.2, 0) is 18.4 Å². The minimum absolute atomic E-state index is 0.105. The number of rotatable bonds is 4. The summed E-state index contributed by atoms with van der Waals surface area (Å²) in [5, 5.41) is 11.3. The average molecular weight is 356 g/mol. The van der Waals surface area contributed by atoms with Gasteiger partial charge in [-0.25, -0.2) is 14.1 Å². The van der Waals surface area contributed by atoms with Crippen LogP contribution >= 0.6 is 0 Å². The molecule has 2 aromatic rings. The van der Waals surface area contributed by atoms with Gasteiger partial charge in [0.2, 0.25) is 0 Å². The van der Waals surface area contributed by atoms with Gasteiger partial charge >= 0.3 is 0 Å². The predicted octanol–water partition coefficient (Wildman–Crippen LogP) is 1.94. The summed E-state index contributed by atoms with van der Waals surface area (Å²) in [6.45, 7) is 3.40. The molecule has 0 spiro atoms. The zero-order valence-electron chi connectivity index (χ0n) is 15.3. The van der Waals surface area contributed by atoms with Gasteiger partial charge in [-0.1, -0.05) is 18.2 Å². The van der Waals surface area contributed by atoms with E-state index >= 15 is 0 Å². The minimum Gasteiger partial charge on any atom is -0.356 e. The summed E-state index contributed by atoms with van der Waals surface area (Å²) in [5.74, 6) is 2.53. The van der Waals surface area contributed by atoms with Gasteiger partial charge in [-0.2, -0.15) is 5.10 Å². The summed E-state index contributed by atoms with van der Waals surface area (Å²) >= 11 is 0. The Morgan fingerprint density at radius 1 is 1.38 bits per heavy atom. The molecule has 1 saturated carbocycles. The third-order valence-corrected chi connectivity index (χ3v) is 5.42. The second kappa shape index (κ2) is 6.70. The van der Waals surface area contributed by atoms with Crippen LogP contribution in [0.2, 0.25) is 0 Å². The molecule has 1 fully saturated rings. The van der Waals surface area contributed by atoms with Crippen LogP contribution < -0.4 is 10.6 Å². The van der Waals surface area contributed by atoms with Crippen LogP contribution in [0.15, 0.2) is 29.3 Å². The Hall–Kier alpha value is -2.44. The van der Waals surface area contributed by atoms with Crippen molar-refractivity contribution in [2.24, 2.45) is 4.99 Å². The lowest BCUT2D eigenvalue weighted by Gasteiger charge is -2.26. The second-order valence-electron chi connectivity index (χ2n) is 7.32. The zero-order valence-corrected chi connectivity index (χ0v) is 15.3. The van der Waals surface area contributed by atoms with Gasteiger partial charge in [-0.3, -0.25) is 4.99 Å². The molecule has 1 unspecified atom stereocenters. The van der Waals surface area contributed by atoms with Gasteiger partial charge < -0.3 is 10.6 Å². The Morgan fingerprint density at radius 3 is 2.92 bits per heavy atom. The molecule has 4 rings (SSSR count). The van der Waals surface area contributed by atoms with Gasteiger partial charge in [0.15, 0.2) is 5.96 Å². The zero-order chi connectivity index (χ0) is 18.1. The number of fused-ring (bicyclic) bond motifs is 1. The fourth-order valence-corrected chi connectivity index (χ4v) is 3.78. The summed E-state index contributed by atoms with van der Waals surface area (Å²) in [6.07, 6.45) is 3.91. The lowest BCUT2D eigenvalue weighted by molar-refractivity contribution is 0.391. The number of benzene rings is 1. The largest absolute Gasteiger partial charge is 0.356 e. The monoisotopic (exact) mass is 356 g/mol. The average Bonchev–Trinajstić information content (AvgIpc) is 3.33.